The maximum atomic E-state index is 11.8. The van der Waals surface area contributed by atoms with Gasteiger partial charge in [0.2, 0.25) is 0 Å². The summed E-state index contributed by atoms with van der Waals surface area (Å²) < 4.78 is 36.2. The van der Waals surface area contributed by atoms with E-state index in [1.54, 1.807) is 0 Å². The summed E-state index contributed by atoms with van der Waals surface area (Å²) in [6, 6.07) is 8.82. The van der Waals surface area contributed by atoms with E-state index in [4.69, 9.17) is 19.8 Å². The van der Waals surface area contributed by atoms with Gasteiger partial charge in [-0.05, 0) is 45.6 Å². The van der Waals surface area contributed by atoms with Gasteiger partial charge in [0.25, 0.3) is 10.1 Å². The number of unbranched alkanes of at least 4 members (excludes halogenated alkanes) is 1. The van der Waals surface area contributed by atoms with Gasteiger partial charge in [-0.3, -0.25) is 9.35 Å². The van der Waals surface area contributed by atoms with Crippen LogP contribution in [0.3, 0.4) is 0 Å². The SMILES string of the molecule is CC(C)(C)OC(=O)NCCCCC(N)C(=O)OCc1ccccc1.CS(=O)(=O)O. The van der Waals surface area contributed by atoms with Crippen molar-refractivity contribution in [1.29, 1.82) is 0 Å². The molecule has 1 rings (SSSR count). The number of alkyl carbamates (subject to hydrolysis) is 1. The van der Waals surface area contributed by atoms with E-state index in [0.29, 0.717) is 19.2 Å². The van der Waals surface area contributed by atoms with Gasteiger partial charge in [-0.2, -0.15) is 8.42 Å². The Morgan fingerprint density at radius 3 is 2.24 bits per heavy atom. The standard InChI is InChI=1S/C18H28N2O4.CH4O3S/c1-18(2,3)24-17(22)20-12-8-7-11-15(19)16(21)23-13-14-9-5-4-6-10-14;1-5(2,3)4/h4-6,9-10,15H,7-8,11-13,19H2,1-3H3,(H,20,22);1H3,(H,2,3,4). The number of hydrogen-bond donors (Lipinski definition) is 3. The number of ether oxygens (including phenoxy) is 2. The van der Waals surface area contributed by atoms with Gasteiger partial charge in [0.15, 0.2) is 0 Å². The van der Waals surface area contributed by atoms with E-state index in [1.807, 2.05) is 51.1 Å². The van der Waals surface area contributed by atoms with E-state index < -0.39 is 33.8 Å². The Balaban J connectivity index is 0.00000139. The van der Waals surface area contributed by atoms with Crippen molar-refractivity contribution in [2.24, 2.45) is 5.73 Å². The molecule has 0 aliphatic rings. The molecule has 0 fully saturated rings. The van der Waals surface area contributed by atoms with Crippen molar-refractivity contribution in [1.82, 2.24) is 5.32 Å². The molecule has 1 atom stereocenters. The lowest BCUT2D eigenvalue weighted by Crippen LogP contribution is -2.34. The van der Waals surface area contributed by atoms with Crippen LogP contribution in [0.5, 0.6) is 0 Å². The lowest BCUT2D eigenvalue weighted by molar-refractivity contribution is -0.146. The second-order valence-corrected chi connectivity index (χ2v) is 8.82. The van der Waals surface area contributed by atoms with Gasteiger partial charge < -0.3 is 20.5 Å². The molecule has 1 amide bonds. The first kappa shape index (κ1) is 26.8. The van der Waals surface area contributed by atoms with Gasteiger partial charge in [-0.25, -0.2) is 4.79 Å². The van der Waals surface area contributed by atoms with Gasteiger partial charge >= 0.3 is 12.1 Å². The molecular weight excluding hydrogens is 400 g/mol. The fraction of sp³-hybridized carbons (Fsp3) is 0.579. The van der Waals surface area contributed by atoms with Gasteiger partial charge in [-0.15, -0.1) is 0 Å². The summed E-state index contributed by atoms with van der Waals surface area (Å²) in [5, 5.41) is 2.67. The lowest BCUT2D eigenvalue weighted by atomic mass is 10.1. The second kappa shape index (κ2) is 13.1. The van der Waals surface area contributed by atoms with Crippen molar-refractivity contribution in [3.05, 3.63) is 35.9 Å². The van der Waals surface area contributed by atoms with E-state index in [1.165, 1.54) is 0 Å². The summed E-state index contributed by atoms with van der Waals surface area (Å²) in [4.78, 5) is 23.3. The second-order valence-electron chi connectivity index (χ2n) is 7.36. The minimum atomic E-state index is -3.67. The molecule has 4 N–H and O–H groups in total. The van der Waals surface area contributed by atoms with Crippen molar-refractivity contribution in [3.8, 4) is 0 Å². The monoisotopic (exact) mass is 432 g/mol. The van der Waals surface area contributed by atoms with E-state index in [0.717, 1.165) is 18.4 Å². The summed E-state index contributed by atoms with van der Waals surface area (Å²) in [5.74, 6) is -0.404. The Kier molecular flexibility index (Phi) is 12.1. The Hall–Kier alpha value is -2.17. The predicted molar refractivity (Wildman–Crippen MR) is 110 cm³/mol. The fourth-order valence-electron chi connectivity index (χ4n) is 1.95. The van der Waals surface area contributed by atoms with Crippen molar-refractivity contribution in [3.63, 3.8) is 0 Å². The number of nitrogens with two attached hydrogens (primary N) is 1. The highest BCUT2D eigenvalue weighted by atomic mass is 32.2. The zero-order valence-electron chi connectivity index (χ0n) is 17.4. The van der Waals surface area contributed by atoms with Crippen LogP contribution in [-0.2, 0) is 31.0 Å². The average molecular weight is 433 g/mol. The third-order valence-corrected chi connectivity index (χ3v) is 3.14. The van der Waals surface area contributed by atoms with E-state index in [9.17, 15) is 18.0 Å². The van der Waals surface area contributed by atoms with Gasteiger partial charge in [-0.1, -0.05) is 30.3 Å². The number of hydrogen-bond acceptors (Lipinski definition) is 7. The van der Waals surface area contributed by atoms with Crippen LogP contribution in [0.25, 0.3) is 0 Å². The van der Waals surface area contributed by atoms with Crippen molar-refractivity contribution >= 4 is 22.2 Å². The topological polar surface area (TPSA) is 145 Å². The maximum absolute atomic E-state index is 11.8. The molecule has 0 aliphatic carbocycles. The Morgan fingerprint density at radius 2 is 1.72 bits per heavy atom. The minimum Gasteiger partial charge on any atom is -0.460 e. The van der Waals surface area contributed by atoms with Crippen LogP contribution in [0.2, 0.25) is 0 Å². The van der Waals surface area contributed by atoms with Crippen LogP contribution in [0.15, 0.2) is 30.3 Å². The molecule has 0 saturated carbocycles. The minimum absolute atomic E-state index is 0.230. The average Bonchev–Trinajstić information content (AvgIpc) is 2.57. The van der Waals surface area contributed by atoms with E-state index >= 15 is 0 Å². The van der Waals surface area contributed by atoms with Crippen LogP contribution in [0.1, 0.15) is 45.6 Å². The smallest absolute Gasteiger partial charge is 0.407 e. The van der Waals surface area contributed by atoms with Crippen molar-refractivity contribution < 1.29 is 32.0 Å². The molecule has 1 aromatic rings. The van der Waals surface area contributed by atoms with Crippen LogP contribution < -0.4 is 11.1 Å². The van der Waals surface area contributed by atoms with Gasteiger partial charge in [0.1, 0.15) is 18.2 Å². The Labute approximate surface area is 172 Å². The first-order chi connectivity index (χ1) is 13.3. The van der Waals surface area contributed by atoms with E-state index in [2.05, 4.69) is 5.32 Å². The highest BCUT2D eigenvalue weighted by Gasteiger charge is 2.16. The Morgan fingerprint density at radius 1 is 1.17 bits per heavy atom. The number of esters is 1. The molecule has 166 valence electrons. The van der Waals surface area contributed by atoms with Crippen LogP contribution in [0.4, 0.5) is 4.79 Å². The number of carbonyl (C=O) groups excluding carboxylic acids is 2. The van der Waals surface area contributed by atoms with Gasteiger partial charge in [0.05, 0.1) is 6.26 Å². The lowest BCUT2D eigenvalue weighted by Gasteiger charge is -2.19. The summed E-state index contributed by atoms with van der Waals surface area (Å²) >= 11 is 0. The third kappa shape index (κ3) is 18.9. The van der Waals surface area contributed by atoms with Crippen molar-refractivity contribution in [2.45, 2.75) is 58.3 Å². The number of rotatable bonds is 8. The molecule has 0 spiro atoms. The summed E-state index contributed by atoms with van der Waals surface area (Å²) in [5.41, 5.74) is 6.25. The summed E-state index contributed by atoms with van der Waals surface area (Å²) in [7, 11) is -3.67. The molecule has 0 bridgehead atoms. The zero-order valence-corrected chi connectivity index (χ0v) is 18.2. The number of nitrogens with one attached hydrogen (secondary N) is 1. The zero-order chi connectivity index (χ0) is 22.5. The highest BCUT2D eigenvalue weighted by molar-refractivity contribution is 7.85. The summed E-state index contributed by atoms with van der Waals surface area (Å²) in [6.45, 7) is 6.15. The molecule has 10 heteroatoms. The quantitative estimate of drug-likeness (QED) is 0.322. The number of carbonyl (C=O) groups is 2. The largest absolute Gasteiger partial charge is 0.460 e. The molecule has 1 unspecified atom stereocenters. The molecular formula is C19H32N2O7S. The number of benzene rings is 1. The predicted octanol–water partition coefficient (Wildman–Crippen LogP) is 2.26. The molecule has 0 aliphatic heterocycles. The molecule has 0 radical (unpaired) electrons. The molecule has 29 heavy (non-hydrogen) atoms. The van der Waals surface area contributed by atoms with E-state index in [-0.39, 0.29) is 6.61 Å². The van der Waals surface area contributed by atoms with Crippen LogP contribution in [-0.4, -0.2) is 49.5 Å². The van der Waals surface area contributed by atoms with Gasteiger partial charge in [0, 0.05) is 6.54 Å². The maximum Gasteiger partial charge on any atom is 0.407 e. The summed E-state index contributed by atoms with van der Waals surface area (Å²) in [6.07, 6.45) is 2.24. The van der Waals surface area contributed by atoms with Crippen molar-refractivity contribution in [2.75, 3.05) is 12.8 Å². The molecule has 0 aromatic heterocycles. The third-order valence-electron chi connectivity index (χ3n) is 3.14. The molecule has 1 aromatic carbocycles. The number of amides is 1. The van der Waals surface area contributed by atoms with Crippen LogP contribution in [0, 0.1) is 0 Å². The highest BCUT2D eigenvalue weighted by Crippen LogP contribution is 2.07. The molecule has 0 heterocycles. The fourth-order valence-corrected chi connectivity index (χ4v) is 1.95. The normalized spacial score (nSPS) is 12.2. The molecule has 9 nitrogen and oxygen atoms in total. The molecule has 0 saturated heterocycles. The van der Waals surface area contributed by atoms with Crippen LogP contribution >= 0.6 is 0 Å². The Bertz CT molecular complexity index is 708. The first-order valence-electron chi connectivity index (χ1n) is 9.13. The first-order valence-corrected chi connectivity index (χ1v) is 11.0.